The molecule has 0 atom stereocenters. The second-order valence-electron chi connectivity index (χ2n) is 4.41. The molecule has 1 aromatic rings. The molecule has 0 heterocycles. The van der Waals surface area contributed by atoms with Crippen molar-refractivity contribution in [1.82, 2.24) is 10.6 Å². The predicted molar refractivity (Wildman–Crippen MR) is 80.9 cm³/mol. The molecule has 0 aliphatic heterocycles. The van der Waals surface area contributed by atoms with Crippen molar-refractivity contribution in [3.8, 4) is 0 Å². The molecule has 1 aromatic carbocycles. The number of amides is 3. The van der Waals surface area contributed by atoms with Crippen LogP contribution in [-0.4, -0.2) is 34.8 Å². The lowest BCUT2D eigenvalue weighted by molar-refractivity contribution is -0.117. The molecule has 0 unspecified atom stereocenters. The highest BCUT2D eigenvalue weighted by molar-refractivity contribution is 8.00. The maximum Gasteiger partial charge on any atom is 0.337 e. The zero-order chi connectivity index (χ0) is 16.0. The van der Waals surface area contributed by atoms with E-state index in [0.717, 1.165) is 11.8 Å². The van der Waals surface area contributed by atoms with Crippen molar-refractivity contribution in [3.05, 3.63) is 28.8 Å². The van der Waals surface area contributed by atoms with Crippen LogP contribution in [0.2, 0.25) is 5.02 Å². The van der Waals surface area contributed by atoms with E-state index in [4.69, 9.17) is 16.7 Å². The molecule has 0 aliphatic rings. The van der Waals surface area contributed by atoms with Gasteiger partial charge in [0, 0.05) is 10.9 Å². The number of hydrogen-bond donors (Lipinski definition) is 3. The average Bonchev–Trinajstić information content (AvgIpc) is 2.36. The maximum atomic E-state index is 11.6. The molecule has 3 N–H and O–H groups in total. The summed E-state index contributed by atoms with van der Waals surface area (Å²) in [7, 11) is 0. The third-order valence-corrected chi connectivity index (χ3v) is 3.53. The molecule has 0 spiro atoms. The molecule has 114 valence electrons. The van der Waals surface area contributed by atoms with Crippen molar-refractivity contribution < 1.29 is 19.5 Å². The molecule has 0 saturated heterocycles. The minimum absolute atomic E-state index is 0.00773. The summed E-state index contributed by atoms with van der Waals surface area (Å²) in [4.78, 5) is 34.4. The van der Waals surface area contributed by atoms with Crippen molar-refractivity contribution in [1.29, 1.82) is 0 Å². The van der Waals surface area contributed by atoms with Crippen molar-refractivity contribution in [3.63, 3.8) is 0 Å². The molecule has 0 aromatic heterocycles. The zero-order valence-corrected chi connectivity index (χ0v) is 13.0. The third-order valence-electron chi connectivity index (χ3n) is 2.21. The van der Waals surface area contributed by atoms with Crippen LogP contribution in [0.3, 0.4) is 0 Å². The smallest absolute Gasteiger partial charge is 0.337 e. The summed E-state index contributed by atoms with van der Waals surface area (Å²) in [5, 5.41) is 13.8. The van der Waals surface area contributed by atoms with Crippen molar-refractivity contribution in [2.24, 2.45) is 0 Å². The fourth-order valence-electron chi connectivity index (χ4n) is 1.37. The number of carbonyl (C=O) groups is 3. The predicted octanol–water partition coefficient (Wildman–Crippen LogP) is 2.36. The Balaban J connectivity index is 2.55. The highest BCUT2D eigenvalue weighted by atomic mass is 35.5. The van der Waals surface area contributed by atoms with Crippen LogP contribution in [0.15, 0.2) is 23.1 Å². The number of hydrogen-bond acceptors (Lipinski definition) is 4. The molecular weight excluding hydrogens is 316 g/mol. The molecule has 0 bridgehead atoms. The summed E-state index contributed by atoms with van der Waals surface area (Å²) in [5.74, 6) is -1.61. The van der Waals surface area contributed by atoms with E-state index >= 15 is 0 Å². The normalized spacial score (nSPS) is 10.3. The zero-order valence-electron chi connectivity index (χ0n) is 11.5. The van der Waals surface area contributed by atoms with Crippen LogP contribution in [0.5, 0.6) is 0 Å². The van der Waals surface area contributed by atoms with E-state index in [2.05, 4.69) is 10.6 Å². The fraction of sp³-hybridized carbons (Fsp3) is 0.308. The van der Waals surface area contributed by atoms with Gasteiger partial charge in [-0.3, -0.25) is 10.1 Å². The van der Waals surface area contributed by atoms with Gasteiger partial charge < -0.3 is 10.4 Å². The topological polar surface area (TPSA) is 95.5 Å². The van der Waals surface area contributed by atoms with Crippen LogP contribution < -0.4 is 10.6 Å². The molecule has 0 saturated carbocycles. The van der Waals surface area contributed by atoms with Crippen molar-refractivity contribution in [2.75, 3.05) is 5.75 Å². The minimum Gasteiger partial charge on any atom is -0.478 e. The summed E-state index contributed by atoms with van der Waals surface area (Å²) < 4.78 is 0. The van der Waals surface area contributed by atoms with E-state index in [1.165, 1.54) is 12.1 Å². The Morgan fingerprint density at radius 3 is 2.57 bits per heavy atom. The third kappa shape index (κ3) is 6.05. The van der Waals surface area contributed by atoms with Gasteiger partial charge in [-0.1, -0.05) is 11.6 Å². The van der Waals surface area contributed by atoms with Crippen LogP contribution in [0.4, 0.5) is 4.79 Å². The SMILES string of the molecule is CC(C)NC(=O)NC(=O)CSc1ccc(Cl)c(C(=O)O)c1. The van der Waals surface area contributed by atoms with E-state index < -0.39 is 17.9 Å². The number of rotatable bonds is 5. The van der Waals surface area contributed by atoms with Gasteiger partial charge in [0.2, 0.25) is 5.91 Å². The van der Waals surface area contributed by atoms with E-state index in [1.54, 1.807) is 19.9 Å². The monoisotopic (exact) mass is 330 g/mol. The first kappa shape index (κ1) is 17.3. The minimum atomic E-state index is -1.14. The Labute approximate surface area is 131 Å². The lowest BCUT2D eigenvalue weighted by Gasteiger charge is -2.09. The number of aromatic carboxylic acids is 1. The van der Waals surface area contributed by atoms with E-state index in [0.29, 0.717) is 4.90 Å². The first-order valence-electron chi connectivity index (χ1n) is 6.05. The molecule has 3 amide bonds. The number of benzene rings is 1. The molecule has 0 radical (unpaired) electrons. The number of nitrogens with one attached hydrogen (secondary N) is 2. The van der Waals surface area contributed by atoms with Crippen LogP contribution in [0.1, 0.15) is 24.2 Å². The summed E-state index contributed by atoms with van der Waals surface area (Å²) in [6, 6.07) is 3.83. The van der Waals surface area contributed by atoms with Crippen molar-refractivity contribution in [2.45, 2.75) is 24.8 Å². The van der Waals surface area contributed by atoms with Crippen LogP contribution in [-0.2, 0) is 4.79 Å². The first-order chi connectivity index (χ1) is 9.79. The number of thioether (sulfide) groups is 1. The van der Waals surface area contributed by atoms with E-state index in [1.807, 2.05) is 0 Å². The number of urea groups is 1. The second kappa shape index (κ2) is 7.90. The Morgan fingerprint density at radius 1 is 1.33 bits per heavy atom. The number of carboxylic acid groups (broad SMARTS) is 1. The summed E-state index contributed by atoms with van der Waals surface area (Å²) in [5.41, 5.74) is -0.0281. The van der Waals surface area contributed by atoms with Gasteiger partial charge in [0.15, 0.2) is 0 Å². The van der Waals surface area contributed by atoms with Gasteiger partial charge in [0.05, 0.1) is 16.3 Å². The van der Waals surface area contributed by atoms with Crippen molar-refractivity contribution >= 4 is 41.3 Å². The van der Waals surface area contributed by atoms with Crippen LogP contribution in [0.25, 0.3) is 0 Å². The number of halogens is 1. The van der Waals surface area contributed by atoms with Gasteiger partial charge in [-0.15, -0.1) is 11.8 Å². The Bertz CT molecular complexity index is 563. The molecule has 1 rings (SSSR count). The average molecular weight is 331 g/mol. The molecular formula is C13H15ClN2O4S. The van der Waals surface area contributed by atoms with Gasteiger partial charge in [-0.05, 0) is 32.0 Å². The first-order valence-corrected chi connectivity index (χ1v) is 7.42. The molecule has 0 aliphatic carbocycles. The molecule has 6 nitrogen and oxygen atoms in total. The Morgan fingerprint density at radius 2 is 2.00 bits per heavy atom. The Kier molecular flexibility index (Phi) is 6.51. The lowest BCUT2D eigenvalue weighted by Crippen LogP contribution is -2.43. The number of carbonyl (C=O) groups excluding carboxylic acids is 2. The standard InChI is InChI=1S/C13H15ClN2O4S/c1-7(2)15-13(20)16-11(17)6-21-8-3-4-10(14)9(5-8)12(18)19/h3-5,7H,6H2,1-2H3,(H,18,19)(H2,15,16,17,20). The number of imide groups is 1. The van der Waals surface area contributed by atoms with E-state index in [-0.39, 0.29) is 22.4 Å². The molecule has 21 heavy (non-hydrogen) atoms. The number of carboxylic acids is 1. The second-order valence-corrected chi connectivity index (χ2v) is 5.87. The summed E-state index contributed by atoms with van der Waals surface area (Å²) >= 11 is 6.86. The van der Waals surface area contributed by atoms with Gasteiger partial charge in [-0.25, -0.2) is 9.59 Å². The highest BCUT2D eigenvalue weighted by Crippen LogP contribution is 2.24. The summed E-state index contributed by atoms with van der Waals surface area (Å²) in [6.45, 7) is 3.56. The molecule has 0 fully saturated rings. The maximum absolute atomic E-state index is 11.6. The van der Waals surface area contributed by atoms with Gasteiger partial charge in [0.25, 0.3) is 0 Å². The largest absolute Gasteiger partial charge is 0.478 e. The van der Waals surface area contributed by atoms with Crippen LogP contribution in [0, 0.1) is 0 Å². The molecule has 8 heteroatoms. The quantitative estimate of drug-likeness (QED) is 0.720. The van der Waals surface area contributed by atoms with Gasteiger partial charge in [0.1, 0.15) is 0 Å². The van der Waals surface area contributed by atoms with Gasteiger partial charge >= 0.3 is 12.0 Å². The van der Waals surface area contributed by atoms with Gasteiger partial charge in [-0.2, -0.15) is 0 Å². The van der Waals surface area contributed by atoms with Crippen LogP contribution >= 0.6 is 23.4 Å². The van der Waals surface area contributed by atoms with E-state index in [9.17, 15) is 14.4 Å². The fourth-order valence-corrected chi connectivity index (χ4v) is 2.30. The summed E-state index contributed by atoms with van der Waals surface area (Å²) in [6.07, 6.45) is 0. The lowest BCUT2D eigenvalue weighted by atomic mass is 10.2. The highest BCUT2D eigenvalue weighted by Gasteiger charge is 2.12. The Hall–Kier alpha value is -1.73.